The molecule has 3 nitrogen and oxygen atoms in total. The van der Waals surface area contributed by atoms with Crippen LogP contribution in [-0.4, -0.2) is 19.0 Å². The highest BCUT2D eigenvalue weighted by Crippen LogP contribution is 2.34. The highest BCUT2D eigenvalue weighted by molar-refractivity contribution is 5.91. The molecule has 0 heterocycles. The first-order chi connectivity index (χ1) is 11.1. The molecule has 0 aliphatic heterocycles. The number of rotatable bonds is 4. The van der Waals surface area contributed by atoms with Crippen molar-refractivity contribution in [3.8, 4) is 22.6 Å². The minimum atomic E-state index is -4.99. The number of ether oxygens (including phenoxy) is 2. The number of alkyl halides is 6. The topological polar surface area (TPSA) is 35.5 Å². The molecule has 0 radical (unpaired) electrons. The maximum Gasteiger partial charge on any atom is 0.573 e. The lowest BCUT2D eigenvalue weighted by Crippen LogP contribution is -2.18. The number of benzene rings is 2. The maximum atomic E-state index is 12.3. The fourth-order valence-corrected chi connectivity index (χ4v) is 1.97. The van der Waals surface area contributed by atoms with Crippen LogP contribution >= 0.6 is 0 Å². The molecule has 0 spiro atoms. The molecule has 0 atom stereocenters. The van der Waals surface area contributed by atoms with Crippen molar-refractivity contribution in [2.24, 2.45) is 0 Å². The Bertz CT molecular complexity index is 719. The molecule has 0 fully saturated rings. The minimum Gasteiger partial charge on any atom is -0.406 e. The predicted molar refractivity (Wildman–Crippen MR) is 70.6 cm³/mol. The predicted octanol–water partition coefficient (Wildman–Crippen LogP) is 4.96. The average molecular weight is 350 g/mol. The smallest absolute Gasteiger partial charge is 0.406 e. The molecule has 0 saturated heterocycles. The maximum absolute atomic E-state index is 12.3. The van der Waals surface area contributed by atoms with Gasteiger partial charge in [0, 0.05) is 0 Å². The van der Waals surface area contributed by atoms with E-state index in [1.165, 1.54) is 24.3 Å². The molecule has 0 aliphatic carbocycles. The summed E-state index contributed by atoms with van der Waals surface area (Å²) in [6.45, 7) is 0. The largest absolute Gasteiger partial charge is 0.573 e. The van der Waals surface area contributed by atoms with Crippen LogP contribution in [0.3, 0.4) is 0 Å². The van der Waals surface area contributed by atoms with Crippen molar-refractivity contribution in [2.45, 2.75) is 12.7 Å². The minimum absolute atomic E-state index is 0.0744. The number of hydrogen-bond acceptors (Lipinski definition) is 3. The van der Waals surface area contributed by atoms with Gasteiger partial charge < -0.3 is 9.47 Å². The number of carbonyl (C=O) groups is 1. The molecule has 2 aromatic carbocycles. The van der Waals surface area contributed by atoms with Gasteiger partial charge >= 0.3 is 12.7 Å². The van der Waals surface area contributed by atoms with Crippen LogP contribution in [0.1, 0.15) is 10.4 Å². The van der Waals surface area contributed by atoms with Crippen LogP contribution in [0.2, 0.25) is 0 Å². The van der Waals surface area contributed by atoms with Gasteiger partial charge in [-0.1, -0.05) is 24.3 Å². The molecule has 0 aliphatic rings. The van der Waals surface area contributed by atoms with Gasteiger partial charge in [-0.2, -0.15) is 0 Å². The van der Waals surface area contributed by atoms with Crippen LogP contribution in [-0.2, 0) is 0 Å². The lowest BCUT2D eigenvalue weighted by Gasteiger charge is -2.14. The van der Waals surface area contributed by atoms with Crippen LogP contribution in [0, 0.1) is 0 Å². The monoisotopic (exact) mass is 350 g/mol. The van der Waals surface area contributed by atoms with E-state index in [1.54, 1.807) is 0 Å². The van der Waals surface area contributed by atoms with Crippen molar-refractivity contribution in [2.75, 3.05) is 0 Å². The number of carbonyl (C=O) groups excluding carboxylic acids is 1. The first-order valence-corrected chi connectivity index (χ1v) is 6.29. The van der Waals surface area contributed by atoms with Crippen molar-refractivity contribution in [1.82, 2.24) is 0 Å². The fourth-order valence-electron chi connectivity index (χ4n) is 1.97. The van der Waals surface area contributed by atoms with E-state index in [0.717, 1.165) is 18.2 Å². The Balaban J connectivity index is 2.38. The Morgan fingerprint density at radius 1 is 0.792 bits per heavy atom. The van der Waals surface area contributed by atoms with E-state index >= 15 is 0 Å². The third kappa shape index (κ3) is 4.64. The van der Waals surface area contributed by atoms with Crippen LogP contribution in [0.4, 0.5) is 26.3 Å². The molecule has 0 aromatic heterocycles. The van der Waals surface area contributed by atoms with Gasteiger partial charge in [0.05, 0.1) is 5.56 Å². The van der Waals surface area contributed by atoms with Gasteiger partial charge in [0.1, 0.15) is 11.5 Å². The summed E-state index contributed by atoms with van der Waals surface area (Å²) in [7, 11) is 0. The van der Waals surface area contributed by atoms with E-state index in [4.69, 9.17) is 0 Å². The van der Waals surface area contributed by atoms with Crippen LogP contribution in [0.15, 0.2) is 42.5 Å². The molecule has 0 amide bonds. The molecule has 0 unspecified atom stereocenters. The molecule has 2 rings (SSSR count). The molecule has 2 aromatic rings. The van der Waals surface area contributed by atoms with E-state index in [0.29, 0.717) is 0 Å². The third-order valence-corrected chi connectivity index (χ3v) is 2.81. The van der Waals surface area contributed by atoms with Crippen molar-refractivity contribution in [1.29, 1.82) is 0 Å². The second-order valence-corrected chi connectivity index (χ2v) is 4.46. The molecule has 24 heavy (non-hydrogen) atoms. The Morgan fingerprint density at radius 3 is 1.88 bits per heavy atom. The second-order valence-electron chi connectivity index (χ2n) is 4.46. The lowest BCUT2D eigenvalue weighted by molar-refractivity contribution is -0.275. The third-order valence-electron chi connectivity index (χ3n) is 2.81. The summed E-state index contributed by atoms with van der Waals surface area (Å²) in [5.41, 5.74) is -0.0797. The van der Waals surface area contributed by atoms with Gasteiger partial charge in [0.25, 0.3) is 0 Å². The van der Waals surface area contributed by atoms with Crippen molar-refractivity contribution >= 4 is 6.29 Å². The summed E-state index contributed by atoms with van der Waals surface area (Å²) in [6.07, 6.45) is -9.67. The second kappa shape index (κ2) is 6.42. The van der Waals surface area contributed by atoms with E-state index in [-0.39, 0.29) is 23.0 Å². The SMILES string of the molecule is O=Cc1c(OC(F)(F)F)cccc1-c1ccc(OC(F)(F)F)cc1. The zero-order chi connectivity index (χ0) is 18.0. The summed E-state index contributed by atoms with van der Waals surface area (Å²) in [6, 6.07) is 7.85. The number of hydrogen-bond donors (Lipinski definition) is 0. The summed E-state index contributed by atoms with van der Waals surface area (Å²) in [5, 5.41) is 0. The van der Waals surface area contributed by atoms with Gasteiger partial charge in [0.2, 0.25) is 0 Å². The Hall–Kier alpha value is -2.71. The summed E-state index contributed by atoms with van der Waals surface area (Å²) in [5.74, 6) is -1.20. The Kier molecular flexibility index (Phi) is 4.72. The molecular formula is C15H8F6O3. The Morgan fingerprint density at radius 2 is 1.38 bits per heavy atom. The first-order valence-electron chi connectivity index (χ1n) is 6.29. The molecular weight excluding hydrogens is 342 g/mol. The lowest BCUT2D eigenvalue weighted by atomic mass is 9.99. The fraction of sp³-hybridized carbons (Fsp3) is 0.133. The first kappa shape index (κ1) is 17.6. The summed E-state index contributed by atoms with van der Waals surface area (Å²) >= 11 is 0. The van der Waals surface area contributed by atoms with Gasteiger partial charge in [-0.25, -0.2) is 0 Å². The molecule has 0 bridgehead atoms. The van der Waals surface area contributed by atoms with E-state index in [9.17, 15) is 31.1 Å². The number of halogens is 6. The highest BCUT2D eigenvalue weighted by Gasteiger charge is 2.33. The zero-order valence-corrected chi connectivity index (χ0v) is 11.6. The van der Waals surface area contributed by atoms with Crippen LogP contribution < -0.4 is 9.47 Å². The highest BCUT2D eigenvalue weighted by atomic mass is 19.4. The standard InChI is InChI=1S/C15H8F6O3/c16-14(17,18)23-10-6-4-9(5-7-10)11-2-1-3-13(12(11)8-22)24-15(19,20)21/h1-8H. The van der Waals surface area contributed by atoms with Crippen LogP contribution in [0.5, 0.6) is 11.5 Å². The molecule has 0 N–H and O–H groups in total. The average Bonchev–Trinajstić information content (AvgIpc) is 2.44. The zero-order valence-electron chi connectivity index (χ0n) is 11.6. The van der Waals surface area contributed by atoms with E-state index in [1.807, 2.05) is 0 Å². The normalized spacial score (nSPS) is 11.9. The Labute approximate surface area is 131 Å². The number of aldehydes is 1. The van der Waals surface area contributed by atoms with Gasteiger partial charge in [-0.05, 0) is 29.3 Å². The van der Waals surface area contributed by atoms with Crippen molar-refractivity contribution < 1.29 is 40.6 Å². The van der Waals surface area contributed by atoms with Crippen LogP contribution in [0.25, 0.3) is 11.1 Å². The van der Waals surface area contributed by atoms with Gasteiger partial charge in [-0.15, -0.1) is 26.3 Å². The van der Waals surface area contributed by atoms with Crippen molar-refractivity contribution in [3.63, 3.8) is 0 Å². The van der Waals surface area contributed by atoms with E-state index in [2.05, 4.69) is 9.47 Å². The molecule has 128 valence electrons. The quantitative estimate of drug-likeness (QED) is 0.577. The van der Waals surface area contributed by atoms with Gasteiger partial charge in [-0.3, -0.25) is 4.79 Å². The van der Waals surface area contributed by atoms with Crippen molar-refractivity contribution in [3.05, 3.63) is 48.0 Å². The summed E-state index contributed by atoms with van der Waals surface area (Å²) in [4.78, 5) is 11.1. The molecule has 9 heteroatoms. The van der Waals surface area contributed by atoms with E-state index < -0.39 is 24.2 Å². The summed E-state index contributed by atoms with van der Waals surface area (Å²) < 4.78 is 80.8. The van der Waals surface area contributed by atoms with Gasteiger partial charge in [0.15, 0.2) is 6.29 Å². The molecule has 0 saturated carbocycles.